The molecular formula is C25H16FNO6. The fourth-order valence-corrected chi connectivity index (χ4v) is 3.69. The standard InChI is InChI=1S/C25H16FNO6/c1-31-15-11-12-16-18(13-15)27(14-7-3-2-4-8-14)24(29)20-21(28)23(25(30)33-22(16)20)32-19-10-6-5-9-17(19)26/h2-13,28H,1H3. The Kier molecular flexibility index (Phi) is 4.82. The van der Waals surface area contributed by atoms with Crippen LogP contribution in [0.4, 0.5) is 4.39 Å². The number of hydrogen-bond acceptors (Lipinski definition) is 6. The van der Waals surface area contributed by atoms with Gasteiger partial charge in [-0.25, -0.2) is 9.18 Å². The van der Waals surface area contributed by atoms with Gasteiger partial charge in [-0.2, -0.15) is 0 Å². The molecule has 0 bridgehead atoms. The summed E-state index contributed by atoms with van der Waals surface area (Å²) in [6, 6.07) is 19.0. The summed E-state index contributed by atoms with van der Waals surface area (Å²) in [5.41, 5.74) is -0.907. The van der Waals surface area contributed by atoms with E-state index in [1.807, 2.05) is 0 Å². The second kappa shape index (κ2) is 7.83. The number of methoxy groups -OCH3 is 1. The van der Waals surface area contributed by atoms with Crippen LogP contribution < -0.4 is 20.7 Å². The van der Waals surface area contributed by atoms with Crippen molar-refractivity contribution in [1.29, 1.82) is 0 Å². The van der Waals surface area contributed by atoms with Gasteiger partial charge in [-0.15, -0.1) is 0 Å². The van der Waals surface area contributed by atoms with Crippen LogP contribution in [0.15, 0.2) is 86.8 Å². The largest absolute Gasteiger partial charge is 0.503 e. The molecule has 0 aliphatic heterocycles. The second-order valence-corrected chi connectivity index (χ2v) is 7.16. The number of aromatic nitrogens is 1. The summed E-state index contributed by atoms with van der Waals surface area (Å²) >= 11 is 0. The quantitative estimate of drug-likeness (QED) is 0.402. The van der Waals surface area contributed by atoms with Crippen molar-refractivity contribution >= 4 is 21.9 Å². The van der Waals surface area contributed by atoms with E-state index < -0.39 is 28.5 Å². The number of pyridine rings is 1. The molecule has 0 aliphatic carbocycles. The molecule has 0 saturated carbocycles. The van der Waals surface area contributed by atoms with E-state index in [2.05, 4.69) is 0 Å². The van der Waals surface area contributed by atoms with Gasteiger partial charge in [0.25, 0.3) is 11.3 Å². The summed E-state index contributed by atoms with van der Waals surface area (Å²) < 4.78 is 31.5. The zero-order valence-electron chi connectivity index (χ0n) is 17.2. The van der Waals surface area contributed by atoms with Crippen LogP contribution in [-0.4, -0.2) is 16.8 Å². The summed E-state index contributed by atoms with van der Waals surface area (Å²) in [6.45, 7) is 0. The third kappa shape index (κ3) is 3.28. The molecule has 8 heteroatoms. The van der Waals surface area contributed by atoms with Crippen molar-refractivity contribution in [3.05, 3.63) is 99.4 Å². The molecule has 5 aromatic rings. The van der Waals surface area contributed by atoms with E-state index in [1.165, 1.54) is 29.9 Å². The lowest BCUT2D eigenvalue weighted by Crippen LogP contribution is -2.20. The number of fused-ring (bicyclic) bond motifs is 3. The predicted molar refractivity (Wildman–Crippen MR) is 120 cm³/mol. The third-order valence-corrected chi connectivity index (χ3v) is 5.23. The van der Waals surface area contributed by atoms with Gasteiger partial charge in [0, 0.05) is 17.1 Å². The van der Waals surface area contributed by atoms with Crippen molar-refractivity contribution in [2.24, 2.45) is 0 Å². The lowest BCUT2D eigenvalue weighted by molar-refractivity contribution is 0.374. The van der Waals surface area contributed by atoms with Gasteiger partial charge in [0.1, 0.15) is 11.1 Å². The minimum Gasteiger partial charge on any atom is -0.503 e. The fourth-order valence-electron chi connectivity index (χ4n) is 3.69. The molecule has 2 aromatic heterocycles. The van der Waals surface area contributed by atoms with Crippen molar-refractivity contribution < 1.29 is 23.4 Å². The topological polar surface area (TPSA) is 90.9 Å². The Morgan fingerprint density at radius 1 is 0.970 bits per heavy atom. The number of para-hydroxylation sites is 2. The highest BCUT2D eigenvalue weighted by Gasteiger charge is 2.24. The molecule has 33 heavy (non-hydrogen) atoms. The van der Waals surface area contributed by atoms with E-state index in [-0.39, 0.29) is 16.7 Å². The third-order valence-electron chi connectivity index (χ3n) is 5.23. The van der Waals surface area contributed by atoms with Crippen molar-refractivity contribution in [3.8, 4) is 28.7 Å². The Morgan fingerprint density at radius 3 is 2.42 bits per heavy atom. The maximum Gasteiger partial charge on any atom is 0.383 e. The van der Waals surface area contributed by atoms with Crippen molar-refractivity contribution in [2.75, 3.05) is 7.11 Å². The zero-order valence-corrected chi connectivity index (χ0v) is 17.2. The first-order chi connectivity index (χ1) is 16.0. The molecule has 2 heterocycles. The SMILES string of the molecule is COc1ccc2c3oc(=O)c(Oc4ccccc4F)c(O)c3c(=O)n(-c3ccccc3)c2c1. The lowest BCUT2D eigenvalue weighted by Gasteiger charge is -2.15. The Labute approximate surface area is 185 Å². The van der Waals surface area contributed by atoms with Gasteiger partial charge in [-0.05, 0) is 36.4 Å². The van der Waals surface area contributed by atoms with Crippen LogP contribution in [0.25, 0.3) is 27.6 Å². The van der Waals surface area contributed by atoms with Crippen LogP contribution in [0, 0.1) is 5.82 Å². The van der Waals surface area contributed by atoms with Gasteiger partial charge in [0.05, 0.1) is 12.6 Å². The first kappa shape index (κ1) is 20.3. The fraction of sp³-hybridized carbons (Fsp3) is 0.0400. The molecule has 0 atom stereocenters. The number of ether oxygens (including phenoxy) is 2. The molecule has 0 aliphatic rings. The molecule has 0 radical (unpaired) electrons. The van der Waals surface area contributed by atoms with Crippen LogP contribution in [0.5, 0.6) is 23.0 Å². The number of halogens is 1. The van der Waals surface area contributed by atoms with E-state index in [9.17, 15) is 19.1 Å². The Bertz CT molecular complexity index is 1640. The van der Waals surface area contributed by atoms with Gasteiger partial charge in [-0.3, -0.25) is 9.36 Å². The summed E-state index contributed by atoms with van der Waals surface area (Å²) in [7, 11) is 1.49. The lowest BCUT2D eigenvalue weighted by atomic mass is 10.1. The van der Waals surface area contributed by atoms with Crippen LogP contribution >= 0.6 is 0 Å². The Balaban J connectivity index is 1.90. The molecule has 0 unspecified atom stereocenters. The van der Waals surface area contributed by atoms with Crippen LogP contribution in [0.1, 0.15) is 0 Å². The van der Waals surface area contributed by atoms with Gasteiger partial charge < -0.3 is 19.0 Å². The number of nitrogens with zero attached hydrogens (tertiary/aromatic N) is 1. The smallest absolute Gasteiger partial charge is 0.383 e. The van der Waals surface area contributed by atoms with Gasteiger partial charge in [0.15, 0.2) is 22.9 Å². The minimum absolute atomic E-state index is 0.117. The highest BCUT2D eigenvalue weighted by molar-refractivity contribution is 6.05. The van der Waals surface area contributed by atoms with Crippen LogP contribution in [-0.2, 0) is 0 Å². The molecule has 0 fully saturated rings. The van der Waals surface area contributed by atoms with Crippen molar-refractivity contribution in [1.82, 2.24) is 4.57 Å². The molecule has 3 aromatic carbocycles. The summed E-state index contributed by atoms with van der Waals surface area (Å²) in [6.07, 6.45) is 0. The monoisotopic (exact) mass is 445 g/mol. The Morgan fingerprint density at radius 2 is 1.70 bits per heavy atom. The first-order valence-corrected chi connectivity index (χ1v) is 9.90. The van der Waals surface area contributed by atoms with Gasteiger partial charge in [0.2, 0.25) is 0 Å². The van der Waals surface area contributed by atoms with E-state index in [1.54, 1.807) is 48.5 Å². The van der Waals surface area contributed by atoms with Crippen molar-refractivity contribution in [3.63, 3.8) is 0 Å². The minimum atomic E-state index is -1.06. The number of benzene rings is 3. The zero-order chi connectivity index (χ0) is 23.1. The maximum absolute atomic E-state index is 14.1. The molecule has 1 N–H and O–H groups in total. The summed E-state index contributed by atoms with van der Waals surface area (Å²) in [5, 5.41) is 11.1. The van der Waals surface area contributed by atoms with E-state index >= 15 is 0 Å². The molecule has 0 spiro atoms. The highest BCUT2D eigenvalue weighted by Crippen LogP contribution is 2.37. The molecule has 5 rings (SSSR count). The molecule has 7 nitrogen and oxygen atoms in total. The van der Waals surface area contributed by atoms with Crippen molar-refractivity contribution in [2.45, 2.75) is 0 Å². The summed E-state index contributed by atoms with van der Waals surface area (Å²) in [5.74, 6) is -1.98. The molecule has 0 saturated heterocycles. The van der Waals surface area contributed by atoms with E-state index in [0.29, 0.717) is 22.3 Å². The summed E-state index contributed by atoms with van der Waals surface area (Å²) in [4.78, 5) is 26.3. The number of rotatable bonds is 4. The average molecular weight is 445 g/mol. The number of aromatic hydroxyl groups is 1. The van der Waals surface area contributed by atoms with Crippen LogP contribution in [0.2, 0.25) is 0 Å². The Hall–Kier alpha value is -4.59. The molecular weight excluding hydrogens is 429 g/mol. The number of hydrogen-bond donors (Lipinski definition) is 1. The van der Waals surface area contributed by atoms with Gasteiger partial charge in [-0.1, -0.05) is 30.3 Å². The van der Waals surface area contributed by atoms with Crippen LogP contribution in [0.3, 0.4) is 0 Å². The van der Waals surface area contributed by atoms with E-state index in [4.69, 9.17) is 13.9 Å². The molecule has 164 valence electrons. The molecule has 0 amide bonds. The maximum atomic E-state index is 14.1. The highest BCUT2D eigenvalue weighted by atomic mass is 19.1. The second-order valence-electron chi connectivity index (χ2n) is 7.16. The predicted octanol–water partition coefficient (Wildman–Crippen LogP) is 4.74. The van der Waals surface area contributed by atoms with E-state index in [0.717, 1.165) is 6.07 Å². The first-order valence-electron chi connectivity index (χ1n) is 9.90. The average Bonchev–Trinajstić information content (AvgIpc) is 2.83. The van der Waals surface area contributed by atoms with Gasteiger partial charge >= 0.3 is 5.63 Å². The normalized spacial score (nSPS) is 11.1.